The van der Waals surface area contributed by atoms with Crippen molar-refractivity contribution in [2.24, 2.45) is 7.05 Å². The predicted octanol–water partition coefficient (Wildman–Crippen LogP) is 2.38. The van der Waals surface area contributed by atoms with E-state index in [0.717, 1.165) is 30.8 Å². The maximum absolute atomic E-state index is 12.3. The molecule has 1 amide bonds. The largest absolute Gasteiger partial charge is 0.435 e. The maximum atomic E-state index is 12.3. The second kappa shape index (κ2) is 8.77. The summed E-state index contributed by atoms with van der Waals surface area (Å²) in [4.78, 5) is 16.4. The van der Waals surface area contributed by atoms with Crippen LogP contribution in [0.25, 0.3) is 6.08 Å². The molecule has 2 heterocycles. The fraction of sp³-hybridized carbons (Fsp3) is 0.368. The van der Waals surface area contributed by atoms with Gasteiger partial charge in [-0.25, -0.2) is 0 Å². The van der Waals surface area contributed by atoms with Gasteiger partial charge in [-0.15, -0.1) is 0 Å². The van der Waals surface area contributed by atoms with E-state index in [-0.39, 0.29) is 11.7 Å². The van der Waals surface area contributed by atoms with Crippen LogP contribution in [-0.4, -0.2) is 58.3 Å². The van der Waals surface area contributed by atoms with E-state index >= 15 is 0 Å². The number of ether oxygens (including phenoxy) is 1. The Labute approximate surface area is 156 Å². The van der Waals surface area contributed by atoms with Crippen molar-refractivity contribution in [3.63, 3.8) is 0 Å². The van der Waals surface area contributed by atoms with Crippen molar-refractivity contribution in [1.82, 2.24) is 19.6 Å². The first-order valence-electron chi connectivity index (χ1n) is 8.71. The topological polar surface area (TPSA) is 50.6 Å². The van der Waals surface area contributed by atoms with Crippen LogP contribution in [0.4, 0.5) is 8.78 Å². The van der Waals surface area contributed by atoms with Gasteiger partial charge in [-0.1, -0.05) is 12.1 Å². The van der Waals surface area contributed by atoms with E-state index in [1.807, 2.05) is 24.3 Å². The molecule has 1 aliphatic rings. The lowest BCUT2D eigenvalue weighted by Crippen LogP contribution is -2.47. The van der Waals surface area contributed by atoms with Gasteiger partial charge in [-0.05, 0) is 23.8 Å². The molecule has 0 bridgehead atoms. The number of amides is 1. The Hall–Kier alpha value is -2.74. The molecule has 3 rings (SSSR count). The fourth-order valence-corrected chi connectivity index (χ4v) is 2.97. The zero-order chi connectivity index (χ0) is 19.2. The molecule has 2 aromatic rings. The number of aryl methyl sites for hydroxylation is 1. The Bertz CT molecular complexity index is 781. The molecule has 0 aliphatic carbocycles. The highest BCUT2D eigenvalue weighted by atomic mass is 19.3. The standard InChI is InChI=1S/C19H22F2N4O2/c1-23-13-16(12-22-23)14-24-8-10-25(11-9-24)18(26)7-4-15-2-5-17(6-3-15)27-19(20)21/h2-7,12-13,19H,8-11,14H2,1H3/b7-4-. The van der Waals surface area contributed by atoms with Gasteiger partial charge in [-0.3, -0.25) is 14.4 Å². The van der Waals surface area contributed by atoms with E-state index in [4.69, 9.17) is 0 Å². The minimum atomic E-state index is -2.84. The number of aromatic nitrogens is 2. The number of carbonyl (C=O) groups is 1. The lowest BCUT2D eigenvalue weighted by atomic mass is 10.2. The molecule has 0 N–H and O–H groups in total. The summed E-state index contributed by atoms with van der Waals surface area (Å²) in [5.74, 6) is 0.0437. The second-order valence-corrected chi connectivity index (χ2v) is 6.40. The molecule has 1 aromatic carbocycles. The molecule has 144 valence electrons. The quantitative estimate of drug-likeness (QED) is 0.727. The normalized spacial score (nSPS) is 15.6. The molecule has 1 aliphatic heterocycles. The third-order valence-electron chi connectivity index (χ3n) is 4.37. The van der Waals surface area contributed by atoms with Crippen LogP contribution in [0.5, 0.6) is 5.75 Å². The first kappa shape index (κ1) is 19.0. The summed E-state index contributed by atoms with van der Waals surface area (Å²) in [7, 11) is 1.89. The summed E-state index contributed by atoms with van der Waals surface area (Å²) in [6.45, 7) is 0.959. The second-order valence-electron chi connectivity index (χ2n) is 6.40. The highest BCUT2D eigenvalue weighted by molar-refractivity contribution is 5.91. The van der Waals surface area contributed by atoms with E-state index in [1.165, 1.54) is 18.2 Å². The van der Waals surface area contributed by atoms with Gasteiger partial charge in [0.25, 0.3) is 0 Å². The van der Waals surface area contributed by atoms with Crippen LogP contribution in [0.15, 0.2) is 42.7 Å². The van der Waals surface area contributed by atoms with E-state index in [1.54, 1.807) is 22.9 Å². The number of hydrogen-bond donors (Lipinski definition) is 0. The number of hydrogen-bond acceptors (Lipinski definition) is 4. The number of benzene rings is 1. The maximum Gasteiger partial charge on any atom is 0.387 e. The first-order valence-corrected chi connectivity index (χ1v) is 8.71. The van der Waals surface area contributed by atoms with Crippen LogP contribution in [0, 0.1) is 0 Å². The van der Waals surface area contributed by atoms with Gasteiger partial charge in [0.2, 0.25) is 5.91 Å². The van der Waals surface area contributed by atoms with Gasteiger partial charge < -0.3 is 9.64 Å². The zero-order valence-electron chi connectivity index (χ0n) is 15.1. The van der Waals surface area contributed by atoms with Crippen LogP contribution >= 0.6 is 0 Å². The Morgan fingerprint density at radius 3 is 2.52 bits per heavy atom. The summed E-state index contributed by atoms with van der Waals surface area (Å²) in [5.41, 5.74) is 1.91. The van der Waals surface area contributed by atoms with Gasteiger partial charge in [0, 0.05) is 57.6 Å². The smallest absolute Gasteiger partial charge is 0.387 e. The van der Waals surface area contributed by atoms with Crippen LogP contribution in [-0.2, 0) is 18.4 Å². The highest BCUT2D eigenvalue weighted by Crippen LogP contribution is 2.16. The van der Waals surface area contributed by atoms with Crippen molar-refractivity contribution in [3.05, 3.63) is 53.9 Å². The molecule has 27 heavy (non-hydrogen) atoms. The van der Waals surface area contributed by atoms with Gasteiger partial charge in [0.05, 0.1) is 6.20 Å². The number of nitrogens with zero attached hydrogens (tertiary/aromatic N) is 4. The van der Waals surface area contributed by atoms with Gasteiger partial charge in [0.15, 0.2) is 0 Å². The number of piperazine rings is 1. The van der Waals surface area contributed by atoms with Crippen LogP contribution in [0.1, 0.15) is 11.1 Å². The molecular formula is C19H22F2N4O2. The van der Waals surface area contributed by atoms with Crippen molar-refractivity contribution in [2.75, 3.05) is 26.2 Å². The summed E-state index contributed by atoms with van der Waals surface area (Å²) in [5, 5.41) is 4.17. The third kappa shape index (κ3) is 5.62. The fourth-order valence-electron chi connectivity index (χ4n) is 2.97. The molecule has 1 fully saturated rings. The number of carbonyl (C=O) groups excluding carboxylic acids is 1. The molecule has 0 radical (unpaired) electrons. The lowest BCUT2D eigenvalue weighted by Gasteiger charge is -2.34. The summed E-state index contributed by atoms with van der Waals surface area (Å²) in [6, 6.07) is 6.17. The van der Waals surface area contributed by atoms with Crippen molar-refractivity contribution in [2.45, 2.75) is 13.2 Å². The minimum Gasteiger partial charge on any atom is -0.435 e. The van der Waals surface area contributed by atoms with E-state index in [0.29, 0.717) is 13.1 Å². The first-order chi connectivity index (χ1) is 13.0. The van der Waals surface area contributed by atoms with Crippen LogP contribution in [0.2, 0.25) is 0 Å². The van der Waals surface area contributed by atoms with E-state index < -0.39 is 6.61 Å². The Morgan fingerprint density at radius 1 is 1.22 bits per heavy atom. The van der Waals surface area contributed by atoms with E-state index in [2.05, 4.69) is 14.7 Å². The van der Waals surface area contributed by atoms with E-state index in [9.17, 15) is 13.6 Å². The van der Waals surface area contributed by atoms with Gasteiger partial charge in [-0.2, -0.15) is 13.9 Å². The molecule has 0 atom stereocenters. The van der Waals surface area contributed by atoms with Crippen molar-refractivity contribution in [3.8, 4) is 5.75 Å². The Balaban J connectivity index is 1.46. The van der Waals surface area contributed by atoms with Crippen LogP contribution < -0.4 is 4.74 Å². The molecule has 0 spiro atoms. The molecule has 6 nitrogen and oxygen atoms in total. The van der Waals surface area contributed by atoms with Gasteiger partial charge in [0.1, 0.15) is 5.75 Å². The summed E-state index contributed by atoms with van der Waals surface area (Å²) >= 11 is 0. The summed E-state index contributed by atoms with van der Waals surface area (Å²) in [6.07, 6.45) is 7.05. The summed E-state index contributed by atoms with van der Waals surface area (Å²) < 4.78 is 30.4. The van der Waals surface area contributed by atoms with Crippen molar-refractivity contribution < 1.29 is 18.3 Å². The van der Waals surface area contributed by atoms with Crippen LogP contribution in [0.3, 0.4) is 0 Å². The molecule has 0 unspecified atom stereocenters. The highest BCUT2D eigenvalue weighted by Gasteiger charge is 2.19. The Kier molecular flexibility index (Phi) is 6.18. The minimum absolute atomic E-state index is 0.0519. The molecule has 0 saturated carbocycles. The predicted molar refractivity (Wildman–Crippen MR) is 97.2 cm³/mol. The average Bonchev–Trinajstić information content (AvgIpc) is 3.06. The zero-order valence-corrected chi connectivity index (χ0v) is 15.1. The van der Waals surface area contributed by atoms with Gasteiger partial charge >= 0.3 is 6.61 Å². The average molecular weight is 376 g/mol. The molecule has 1 aromatic heterocycles. The third-order valence-corrected chi connectivity index (χ3v) is 4.37. The number of rotatable bonds is 6. The lowest BCUT2D eigenvalue weighted by molar-refractivity contribution is -0.127. The Morgan fingerprint density at radius 2 is 1.93 bits per heavy atom. The number of alkyl halides is 2. The number of halogens is 2. The van der Waals surface area contributed by atoms with Crippen molar-refractivity contribution in [1.29, 1.82) is 0 Å². The molecular weight excluding hydrogens is 354 g/mol. The van der Waals surface area contributed by atoms with Crippen molar-refractivity contribution >= 4 is 12.0 Å². The monoisotopic (exact) mass is 376 g/mol. The SMILES string of the molecule is Cn1cc(CN2CCN(C(=O)/C=C\c3ccc(OC(F)F)cc3)CC2)cn1. The molecule has 8 heteroatoms. The molecule has 1 saturated heterocycles.